The first-order valence-corrected chi connectivity index (χ1v) is 5.81. The molecule has 0 saturated heterocycles. The van der Waals surface area contributed by atoms with Crippen molar-refractivity contribution in [2.75, 3.05) is 0 Å². The zero-order valence-electron chi connectivity index (χ0n) is 10.6. The van der Waals surface area contributed by atoms with Crippen LogP contribution in [0.3, 0.4) is 0 Å². The van der Waals surface area contributed by atoms with E-state index in [4.69, 9.17) is 4.74 Å². The predicted octanol–water partition coefficient (Wildman–Crippen LogP) is 3.26. The number of hydrogen-bond donors (Lipinski definition) is 0. The number of rotatable bonds is 5. The predicted molar refractivity (Wildman–Crippen MR) is 69.2 cm³/mol. The molecule has 108 valence electrons. The normalized spacial score (nSPS) is 10.2. The minimum absolute atomic E-state index is 0.0149. The van der Waals surface area contributed by atoms with Crippen LogP contribution in [-0.2, 0) is 6.61 Å². The summed E-state index contributed by atoms with van der Waals surface area (Å²) in [6.45, 7) is -0.370. The summed E-state index contributed by atoms with van der Waals surface area (Å²) in [7, 11) is 0. The number of carbonyl (C=O) groups is 1. The molecule has 0 atom stereocenters. The van der Waals surface area contributed by atoms with Crippen molar-refractivity contribution in [1.82, 2.24) is 0 Å². The van der Waals surface area contributed by atoms with Crippen molar-refractivity contribution < 1.29 is 23.2 Å². The van der Waals surface area contributed by atoms with Gasteiger partial charge in [0.15, 0.2) is 11.6 Å². The summed E-state index contributed by atoms with van der Waals surface area (Å²) in [4.78, 5) is 20.6. The first-order chi connectivity index (χ1) is 10.0. The lowest BCUT2D eigenvalue weighted by Crippen LogP contribution is -2.02. The van der Waals surface area contributed by atoms with Crippen molar-refractivity contribution in [2.45, 2.75) is 6.61 Å². The second-order valence-electron chi connectivity index (χ2n) is 4.13. The lowest BCUT2D eigenvalue weighted by atomic mass is 10.2. The maximum Gasteiger partial charge on any atom is 0.276 e. The zero-order chi connectivity index (χ0) is 15.4. The Bertz CT molecular complexity index is 703. The number of aldehydes is 1. The fourth-order valence-electron chi connectivity index (χ4n) is 1.71. The van der Waals surface area contributed by atoms with Gasteiger partial charge in [-0.2, -0.15) is 0 Å². The number of ether oxygens (including phenoxy) is 1. The summed E-state index contributed by atoms with van der Waals surface area (Å²) < 4.78 is 31.8. The molecule has 2 aromatic carbocycles. The van der Waals surface area contributed by atoms with E-state index in [1.54, 1.807) is 0 Å². The van der Waals surface area contributed by atoms with Crippen LogP contribution in [0.2, 0.25) is 0 Å². The van der Waals surface area contributed by atoms with Gasteiger partial charge in [0.25, 0.3) is 5.69 Å². The molecular formula is C14H9F2NO4. The van der Waals surface area contributed by atoms with E-state index in [0.29, 0.717) is 6.29 Å². The quantitative estimate of drug-likeness (QED) is 0.482. The molecule has 21 heavy (non-hydrogen) atoms. The first kappa shape index (κ1) is 14.6. The number of benzene rings is 2. The second-order valence-corrected chi connectivity index (χ2v) is 4.13. The topological polar surface area (TPSA) is 69.4 Å². The van der Waals surface area contributed by atoms with Crippen molar-refractivity contribution in [3.05, 3.63) is 69.3 Å². The maximum absolute atomic E-state index is 13.6. The molecule has 0 aromatic heterocycles. The minimum Gasteiger partial charge on any atom is -0.486 e. The Hall–Kier alpha value is -2.83. The molecule has 0 aliphatic heterocycles. The summed E-state index contributed by atoms with van der Waals surface area (Å²) in [5.74, 6) is -1.62. The molecular weight excluding hydrogens is 284 g/mol. The van der Waals surface area contributed by atoms with Gasteiger partial charge in [0.1, 0.15) is 18.7 Å². The molecule has 2 aromatic rings. The molecule has 0 aliphatic carbocycles. The van der Waals surface area contributed by atoms with Gasteiger partial charge in [-0.25, -0.2) is 8.78 Å². The molecule has 0 fully saturated rings. The summed E-state index contributed by atoms with van der Waals surface area (Å²) in [5, 5.41) is 10.8. The van der Waals surface area contributed by atoms with E-state index in [2.05, 4.69) is 0 Å². The van der Waals surface area contributed by atoms with E-state index in [1.165, 1.54) is 12.1 Å². The fraction of sp³-hybridized carbons (Fsp3) is 0.0714. The van der Waals surface area contributed by atoms with Gasteiger partial charge in [-0.05, 0) is 30.3 Å². The lowest BCUT2D eigenvalue weighted by Gasteiger charge is -2.08. The smallest absolute Gasteiger partial charge is 0.276 e. The van der Waals surface area contributed by atoms with Gasteiger partial charge in [0.05, 0.1) is 10.5 Å². The van der Waals surface area contributed by atoms with Gasteiger partial charge in [-0.3, -0.25) is 14.9 Å². The zero-order valence-corrected chi connectivity index (χ0v) is 10.6. The Morgan fingerprint density at radius 3 is 2.57 bits per heavy atom. The third-order valence-electron chi connectivity index (χ3n) is 2.71. The van der Waals surface area contributed by atoms with Crippen LogP contribution >= 0.6 is 0 Å². The molecule has 0 saturated carbocycles. The highest BCUT2D eigenvalue weighted by molar-refractivity contribution is 5.74. The number of nitro groups is 1. The summed E-state index contributed by atoms with van der Waals surface area (Å²) >= 11 is 0. The number of carbonyl (C=O) groups excluding carboxylic acids is 1. The lowest BCUT2D eigenvalue weighted by molar-refractivity contribution is -0.385. The summed E-state index contributed by atoms with van der Waals surface area (Å²) in [6.07, 6.45) is 0.476. The Morgan fingerprint density at radius 2 is 1.95 bits per heavy atom. The standard InChI is InChI=1S/C14H9F2NO4/c15-11-2-3-13(17(19)20)10(6-11)8-21-14-4-1-9(7-18)5-12(14)16/h1-7H,8H2. The molecule has 0 aliphatic rings. The Kier molecular flexibility index (Phi) is 4.22. The highest BCUT2D eigenvalue weighted by Gasteiger charge is 2.15. The third-order valence-corrected chi connectivity index (χ3v) is 2.71. The number of nitro benzene ring substituents is 1. The average molecular weight is 293 g/mol. The van der Waals surface area contributed by atoms with E-state index in [-0.39, 0.29) is 29.2 Å². The van der Waals surface area contributed by atoms with Crippen LogP contribution < -0.4 is 4.74 Å². The number of hydrogen-bond acceptors (Lipinski definition) is 4. The highest BCUT2D eigenvalue weighted by Crippen LogP contribution is 2.23. The highest BCUT2D eigenvalue weighted by atomic mass is 19.1. The summed E-state index contributed by atoms with van der Waals surface area (Å²) in [5.41, 5.74) is -0.197. The number of nitrogens with zero attached hydrogens (tertiary/aromatic N) is 1. The number of halogens is 2. The van der Waals surface area contributed by atoms with E-state index < -0.39 is 16.6 Å². The van der Waals surface area contributed by atoms with Crippen LogP contribution in [-0.4, -0.2) is 11.2 Å². The van der Waals surface area contributed by atoms with Crippen molar-refractivity contribution in [3.8, 4) is 5.75 Å². The van der Waals surface area contributed by atoms with E-state index in [1.807, 2.05) is 0 Å². The van der Waals surface area contributed by atoms with Gasteiger partial charge in [-0.15, -0.1) is 0 Å². The van der Waals surface area contributed by atoms with Crippen LogP contribution in [0.1, 0.15) is 15.9 Å². The van der Waals surface area contributed by atoms with E-state index >= 15 is 0 Å². The van der Waals surface area contributed by atoms with Crippen LogP contribution in [0.4, 0.5) is 14.5 Å². The minimum atomic E-state index is -0.779. The molecule has 2 rings (SSSR count). The Labute approximate surface area is 117 Å². The molecule has 5 nitrogen and oxygen atoms in total. The fourth-order valence-corrected chi connectivity index (χ4v) is 1.71. The van der Waals surface area contributed by atoms with Crippen molar-refractivity contribution >= 4 is 12.0 Å². The molecule has 0 spiro atoms. The second kappa shape index (κ2) is 6.08. The van der Waals surface area contributed by atoms with Crippen LogP contribution in [0.5, 0.6) is 5.75 Å². The molecule has 0 radical (unpaired) electrons. The van der Waals surface area contributed by atoms with Crippen molar-refractivity contribution in [1.29, 1.82) is 0 Å². The summed E-state index contributed by atoms with van der Waals surface area (Å²) in [6, 6.07) is 6.47. The monoisotopic (exact) mass is 293 g/mol. The van der Waals surface area contributed by atoms with Crippen molar-refractivity contribution in [3.63, 3.8) is 0 Å². The SMILES string of the molecule is O=Cc1ccc(OCc2cc(F)ccc2[N+](=O)[O-])c(F)c1. The van der Waals surface area contributed by atoms with Gasteiger partial charge in [0.2, 0.25) is 0 Å². The Balaban J connectivity index is 2.22. The largest absolute Gasteiger partial charge is 0.486 e. The van der Waals surface area contributed by atoms with Gasteiger partial charge in [0, 0.05) is 11.6 Å². The maximum atomic E-state index is 13.6. The first-order valence-electron chi connectivity index (χ1n) is 5.81. The average Bonchev–Trinajstić information content (AvgIpc) is 2.45. The van der Waals surface area contributed by atoms with Crippen LogP contribution in [0.15, 0.2) is 36.4 Å². The molecule has 0 heterocycles. The molecule has 0 N–H and O–H groups in total. The van der Waals surface area contributed by atoms with Gasteiger partial charge >= 0.3 is 0 Å². The van der Waals surface area contributed by atoms with Gasteiger partial charge < -0.3 is 4.74 Å². The Morgan fingerprint density at radius 1 is 1.19 bits per heavy atom. The van der Waals surface area contributed by atoms with Crippen LogP contribution in [0.25, 0.3) is 0 Å². The molecule has 0 amide bonds. The van der Waals surface area contributed by atoms with E-state index in [9.17, 15) is 23.7 Å². The van der Waals surface area contributed by atoms with Crippen LogP contribution in [0, 0.1) is 21.7 Å². The van der Waals surface area contributed by atoms with Crippen molar-refractivity contribution in [2.24, 2.45) is 0 Å². The molecule has 7 heteroatoms. The molecule has 0 unspecified atom stereocenters. The van der Waals surface area contributed by atoms with Gasteiger partial charge in [-0.1, -0.05) is 0 Å². The third kappa shape index (κ3) is 3.38. The molecule has 0 bridgehead atoms. The van der Waals surface area contributed by atoms with E-state index in [0.717, 1.165) is 24.3 Å².